The Morgan fingerprint density at radius 2 is 1.69 bits per heavy atom. The van der Waals surface area contributed by atoms with Crippen LogP contribution in [0.1, 0.15) is 51.3 Å². The van der Waals surface area contributed by atoms with E-state index in [1.54, 1.807) is 38.1 Å². The second-order valence-corrected chi connectivity index (χ2v) is 9.37. The molecule has 178 valence electrons. The number of hydrogen-bond acceptors (Lipinski definition) is 4. The van der Waals surface area contributed by atoms with Crippen LogP contribution < -0.4 is 5.32 Å². The summed E-state index contributed by atoms with van der Waals surface area (Å²) >= 11 is 6.25. The molecule has 35 heavy (non-hydrogen) atoms. The fraction of sp³-hybridized carbons (Fsp3) is 0.207. The predicted molar refractivity (Wildman–Crippen MR) is 141 cm³/mol. The SMILES string of the molecule is Cc1cc(C)c2nc(-c3cccc(Cl)c3)c(C)c(C(=O)Nc3ccc(C(=O)OC(C)C)cc3)c2c1. The number of anilines is 1. The maximum absolute atomic E-state index is 13.6. The number of aryl methyl sites for hydroxylation is 2. The molecule has 4 rings (SSSR count). The highest BCUT2D eigenvalue weighted by molar-refractivity contribution is 6.30. The molecule has 0 spiro atoms. The summed E-state index contributed by atoms with van der Waals surface area (Å²) in [6.45, 7) is 9.50. The van der Waals surface area contributed by atoms with E-state index in [-0.39, 0.29) is 12.0 Å². The lowest BCUT2D eigenvalue weighted by Crippen LogP contribution is -2.16. The quantitative estimate of drug-likeness (QED) is 0.300. The van der Waals surface area contributed by atoms with Crippen LogP contribution in [-0.4, -0.2) is 23.0 Å². The van der Waals surface area contributed by atoms with Crippen LogP contribution in [0.3, 0.4) is 0 Å². The largest absolute Gasteiger partial charge is 0.459 e. The Morgan fingerprint density at radius 3 is 2.34 bits per heavy atom. The molecular weight excluding hydrogens is 460 g/mol. The number of fused-ring (bicyclic) bond motifs is 1. The summed E-state index contributed by atoms with van der Waals surface area (Å²) in [5.41, 5.74) is 6.69. The monoisotopic (exact) mass is 486 g/mol. The summed E-state index contributed by atoms with van der Waals surface area (Å²) in [7, 11) is 0. The highest BCUT2D eigenvalue weighted by atomic mass is 35.5. The van der Waals surface area contributed by atoms with Crippen molar-refractivity contribution in [2.45, 2.75) is 40.7 Å². The van der Waals surface area contributed by atoms with Crippen LogP contribution in [0.25, 0.3) is 22.2 Å². The van der Waals surface area contributed by atoms with Gasteiger partial charge >= 0.3 is 5.97 Å². The Labute approximate surface area is 210 Å². The molecule has 5 nitrogen and oxygen atoms in total. The van der Waals surface area contributed by atoms with Crippen LogP contribution in [0, 0.1) is 20.8 Å². The van der Waals surface area contributed by atoms with Gasteiger partial charge in [0.05, 0.1) is 28.4 Å². The first-order valence-electron chi connectivity index (χ1n) is 11.4. The lowest BCUT2D eigenvalue weighted by atomic mass is 9.94. The van der Waals surface area contributed by atoms with E-state index in [1.807, 2.05) is 51.1 Å². The molecule has 0 aliphatic rings. The molecule has 0 aliphatic heterocycles. The Hall–Kier alpha value is -3.70. The van der Waals surface area contributed by atoms with E-state index in [9.17, 15) is 9.59 Å². The highest BCUT2D eigenvalue weighted by Gasteiger charge is 2.21. The summed E-state index contributed by atoms with van der Waals surface area (Å²) in [6, 6.07) is 18.2. The molecule has 1 aromatic heterocycles. The summed E-state index contributed by atoms with van der Waals surface area (Å²) in [6.07, 6.45) is -0.203. The fourth-order valence-electron chi connectivity index (χ4n) is 4.19. The van der Waals surface area contributed by atoms with Gasteiger partial charge in [-0.25, -0.2) is 9.78 Å². The van der Waals surface area contributed by atoms with Gasteiger partial charge < -0.3 is 10.1 Å². The van der Waals surface area contributed by atoms with Crippen molar-refractivity contribution in [2.24, 2.45) is 0 Å². The normalized spacial score (nSPS) is 11.1. The molecule has 0 saturated heterocycles. The minimum Gasteiger partial charge on any atom is -0.459 e. The zero-order valence-electron chi connectivity index (χ0n) is 20.4. The van der Waals surface area contributed by atoms with E-state index < -0.39 is 5.97 Å². The molecule has 0 radical (unpaired) electrons. The number of hydrogen-bond donors (Lipinski definition) is 1. The zero-order chi connectivity index (χ0) is 25.3. The van der Waals surface area contributed by atoms with Gasteiger partial charge in [-0.2, -0.15) is 0 Å². The number of ether oxygens (including phenoxy) is 1. The number of carbonyl (C=O) groups is 2. The Morgan fingerprint density at radius 1 is 0.971 bits per heavy atom. The first-order chi connectivity index (χ1) is 16.6. The van der Waals surface area contributed by atoms with Crippen molar-refractivity contribution in [3.05, 3.63) is 93.5 Å². The summed E-state index contributed by atoms with van der Waals surface area (Å²) in [4.78, 5) is 30.7. The standard InChI is InChI=1S/C29H27ClN2O3/c1-16(2)35-29(34)20-9-11-23(12-10-20)31-28(33)25-19(5)27(21-7-6-8-22(30)15-21)32-26-18(4)13-17(3)14-24(25)26/h6-16H,1-5H3,(H,31,33). The second kappa shape index (κ2) is 9.88. The number of pyridine rings is 1. The van der Waals surface area contributed by atoms with Gasteiger partial charge in [0, 0.05) is 21.7 Å². The van der Waals surface area contributed by atoms with Crippen LogP contribution in [0.4, 0.5) is 5.69 Å². The molecule has 3 aromatic carbocycles. The zero-order valence-corrected chi connectivity index (χ0v) is 21.2. The van der Waals surface area contributed by atoms with Gasteiger partial charge in [0.15, 0.2) is 0 Å². The molecular formula is C29H27ClN2O3. The van der Waals surface area contributed by atoms with E-state index in [0.717, 1.165) is 33.2 Å². The van der Waals surface area contributed by atoms with Crippen molar-refractivity contribution in [2.75, 3.05) is 5.32 Å². The van der Waals surface area contributed by atoms with Crippen molar-refractivity contribution < 1.29 is 14.3 Å². The summed E-state index contributed by atoms with van der Waals surface area (Å²) in [5.74, 6) is -0.647. The van der Waals surface area contributed by atoms with Crippen molar-refractivity contribution in [1.82, 2.24) is 4.98 Å². The number of nitrogens with one attached hydrogen (secondary N) is 1. The maximum atomic E-state index is 13.6. The predicted octanol–water partition coefficient (Wildman–Crippen LogP) is 7.30. The van der Waals surface area contributed by atoms with Crippen LogP contribution in [-0.2, 0) is 4.74 Å². The lowest BCUT2D eigenvalue weighted by molar-refractivity contribution is 0.0378. The van der Waals surface area contributed by atoms with E-state index in [0.29, 0.717) is 27.5 Å². The Bertz CT molecular complexity index is 1440. The molecule has 0 saturated carbocycles. The molecule has 6 heteroatoms. The Kier molecular flexibility index (Phi) is 6.90. The Balaban J connectivity index is 1.78. The van der Waals surface area contributed by atoms with Crippen LogP contribution in [0.2, 0.25) is 5.02 Å². The molecule has 1 amide bonds. The molecule has 0 unspecified atom stereocenters. The van der Waals surface area contributed by atoms with E-state index in [2.05, 4.69) is 11.4 Å². The van der Waals surface area contributed by atoms with Gasteiger partial charge in [-0.15, -0.1) is 0 Å². The number of rotatable bonds is 5. The first-order valence-corrected chi connectivity index (χ1v) is 11.8. The first kappa shape index (κ1) is 24.4. The maximum Gasteiger partial charge on any atom is 0.338 e. The van der Waals surface area contributed by atoms with Gasteiger partial charge in [-0.1, -0.05) is 35.4 Å². The number of aromatic nitrogens is 1. The van der Waals surface area contributed by atoms with Crippen LogP contribution in [0.15, 0.2) is 60.7 Å². The smallest absolute Gasteiger partial charge is 0.338 e. The van der Waals surface area contributed by atoms with Gasteiger partial charge in [0.25, 0.3) is 5.91 Å². The van der Waals surface area contributed by atoms with Crippen molar-refractivity contribution in [3.63, 3.8) is 0 Å². The molecule has 0 fully saturated rings. The lowest BCUT2D eigenvalue weighted by Gasteiger charge is -2.17. The fourth-order valence-corrected chi connectivity index (χ4v) is 4.38. The van der Waals surface area contributed by atoms with Crippen LogP contribution >= 0.6 is 11.6 Å². The number of amides is 1. The number of halogens is 1. The van der Waals surface area contributed by atoms with Crippen molar-refractivity contribution >= 4 is 40.1 Å². The molecule has 1 heterocycles. The third-order valence-electron chi connectivity index (χ3n) is 5.71. The number of nitrogens with zero attached hydrogens (tertiary/aromatic N) is 1. The topological polar surface area (TPSA) is 68.3 Å². The molecule has 0 atom stereocenters. The number of esters is 1. The molecule has 0 bridgehead atoms. The molecule has 1 N–H and O–H groups in total. The van der Waals surface area contributed by atoms with E-state index >= 15 is 0 Å². The van der Waals surface area contributed by atoms with Crippen LogP contribution in [0.5, 0.6) is 0 Å². The van der Waals surface area contributed by atoms with Gasteiger partial charge in [0.1, 0.15) is 0 Å². The molecule has 0 aliphatic carbocycles. The summed E-state index contributed by atoms with van der Waals surface area (Å²) in [5, 5.41) is 4.38. The summed E-state index contributed by atoms with van der Waals surface area (Å²) < 4.78 is 5.23. The minimum absolute atomic E-state index is 0.203. The van der Waals surface area contributed by atoms with Gasteiger partial charge in [-0.3, -0.25) is 4.79 Å². The van der Waals surface area contributed by atoms with Gasteiger partial charge in [-0.05, 0) is 88.2 Å². The molecule has 4 aromatic rings. The number of carbonyl (C=O) groups excluding carboxylic acids is 2. The highest BCUT2D eigenvalue weighted by Crippen LogP contribution is 2.33. The third-order valence-corrected chi connectivity index (χ3v) is 5.95. The average Bonchev–Trinajstić information content (AvgIpc) is 2.78. The second-order valence-electron chi connectivity index (χ2n) is 8.93. The van der Waals surface area contributed by atoms with E-state index in [1.165, 1.54) is 0 Å². The average molecular weight is 487 g/mol. The van der Waals surface area contributed by atoms with Crippen molar-refractivity contribution in [3.8, 4) is 11.3 Å². The van der Waals surface area contributed by atoms with E-state index in [4.69, 9.17) is 21.3 Å². The number of benzene rings is 3. The minimum atomic E-state index is -0.397. The third kappa shape index (κ3) is 5.20. The van der Waals surface area contributed by atoms with Crippen molar-refractivity contribution in [1.29, 1.82) is 0 Å². The van der Waals surface area contributed by atoms with Gasteiger partial charge in [0.2, 0.25) is 0 Å².